The van der Waals surface area contributed by atoms with E-state index in [2.05, 4.69) is 15.1 Å². The number of H-pyrrole nitrogens is 1. The molecule has 0 bridgehead atoms. The lowest BCUT2D eigenvalue weighted by molar-refractivity contribution is -0.904. The van der Waals surface area contributed by atoms with Crippen molar-refractivity contribution < 1.29 is 23.2 Å². The Hall–Kier alpha value is -2.80. The number of aromatic amines is 1. The Morgan fingerprint density at radius 2 is 1.97 bits per heavy atom. The third kappa shape index (κ3) is 4.96. The van der Waals surface area contributed by atoms with Gasteiger partial charge in [0.25, 0.3) is 5.56 Å². The molecule has 1 fully saturated rings. The summed E-state index contributed by atoms with van der Waals surface area (Å²) in [7, 11) is -3.76. The number of aliphatic hydroxyl groups is 1. The third-order valence-electron chi connectivity index (χ3n) is 6.26. The lowest BCUT2D eigenvalue weighted by Gasteiger charge is -2.31. The Kier molecular flexibility index (Phi) is 7.55. The molecule has 0 aliphatic carbocycles. The number of piperazine rings is 1. The molecule has 0 saturated carbocycles. The van der Waals surface area contributed by atoms with Gasteiger partial charge in [-0.2, -0.15) is 4.31 Å². The average Bonchev–Trinajstić information content (AvgIpc) is 3.15. The summed E-state index contributed by atoms with van der Waals surface area (Å²) in [6.07, 6.45) is 1.50. The molecule has 0 unspecified atom stereocenters. The number of hydrogen-bond donors (Lipinski definition) is 3. The molecule has 3 N–H and O–H groups in total. The van der Waals surface area contributed by atoms with Crippen LogP contribution in [-0.2, 0) is 16.4 Å². The van der Waals surface area contributed by atoms with Crippen LogP contribution < -0.4 is 15.2 Å². The highest BCUT2D eigenvalue weighted by Gasteiger charge is 2.31. The molecule has 4 rings (SSSR count). The summed E-state index contributed by atoms with van der Waals surface area (Å²) >= 11 is 0. The molecule has 3 heterocycles. The van der Waals surface area contributed by atoms with Gasteiger partial charge in [-0.25, -0.2) is 17.9 Å². The van der Waals surface area contributed by atoms with Gasteiger partial charge in [0.2, 0.25) is 10.0 Å². The number of sulfonamides is 1. The van der Waals surface area contributed by atoms with E-state index in [1.807, 2.05) is 13.8 Å². The molecule has 1 aromatic carbocycles. The average molecular weight is 506 g/mol. The van der Waals surface area contributed by atoms with Crippen molar-refractivity contribution in [2.45, 2.75) is 38.5 Å². The van der Waals surface area contributed by atoms with E-state index in [0.717, 1.165) is 6.42 Å². The molecule has 1 aliphatic rings. The number of fused-ring (bicyclic) bond motifs is 1. The smallest absolute Gasteiger partial charge is 0.277 e. The van der Waals surface area contributed by atoms with E-state index in [-0.39, 0.29) is 22.9 Å². The molecule has 0 spiro atoms. The van der Waals surface area contributed by atoms with Gasteiger partial charge in [-0.15, -0.1) is 5.10 Å². The molecule has 190 valence electrons. The molecule has 0 amide bonds. The number of hydrogen-bond acceptors (Lipinski definition) is 7. The first kappa shape index (κ1) is 25.3. The van der Waals surface area contributed by atoms with Gasteiger partial charge in [-0.05, 0) is 38.5 Å². The fourth-order valence-electron chi connectivity index (χ4n) is 4.48. The number of imidazole rings is 1. The Balaban J connectivity index is 1.78. The van der Waals surface area contributed by atoms with Crippen LogP contribution in [0.1, 0.15) is 31.8 Å². The summed E-state index contributed by atoms with van der Waals surface area (Å²) in [4.78, 5) is 21.5. The molecule has 1 aliphatic heterocycles. The second kappa shape index (κ2) is 10.4. The van der Waals surface area contributed by atoms with Crippen LogP contribution in [-0.4, -0.2) is 83.3 Å². The molecule has 0 atom stereocenters. The number of nitrogens with zero attached hydrogens (tertiary/aromatic N) is 4. The first-order valence-electron chi connectivity index (χ1n) is 12.0. The van der Waals surface area contributed by atoms with Crippen molar-refractivity contribution in [1.29, 1.82) is 0 Å². The van der Waals surface area contributed by atoms with Crippen LogP contribution >= 0.6 is 0 Å². The minimum atomic E-state index is -3.76. The highest BCUT2D eigenvalue weighted by molar-refractivity contribution is 7.89. The summed E-state index contributed by atoms with van der Waals surface area (Å²) in [6.45, 7) is 8.69. The van der Waals surface area contributed by atoms with E-state index in [0.29, 0.717) is 74.1 Å². The summed E-state index contributed by atoms with van der Waals surface area (Å²) in [6, 6.07) is 4.65. The highest BCUT2D eigenvalue weighted by atomic mass is 32.2. The van der Waals surface area contributed by atoms with Gasteiger partial charge >= 0.3 is 0 Å². The van der Waals surface area contributed by atoms with Gasteiger partial charge in [0.15, 0.2) is 11.3 Å². The quantitative estimate of drug-likeness (QED) is 0.361. The minimum Gasteiger partial charge on any atom is -0.493 e. The monoisotopic (exact) mass is 505 g/mol. The first-order valence-corrected chi connectivity index (χ1v) is 13.4. The van der Waals surface area contributed by atoms with E-state index in [1.165, 1.54) is 21.3 Å². The van der Waals surface area contributed by atoms with Gasteiger partial charge in [-0.3, -0.25) is 4.79 Å². The fourth-order valence-corrected chi connectivity index (χ4v) is 5.95. The molecule has 2 aromatic heterocycles. The number of aliphatic hydroxyl groups excluding tert-OH is 1. The van der Waals surface area contributed by atoms with Crippen LogP contribution in [0.4, 0.5) is 0 Å². The van der Waals surface area contributed by atoms with Crippen LogP contribution in [0.3, 0.4) is 0 Å². The van der Waals surface area contributed by atoms with E-state index < -0.39 is 10.0 Å². The van der Waals surface area contributed by atoms with Crippen molar-refractivity contribution >= 4 is 15.5 Å². The third-order valence-corrected chi connectivity index (χ3v) is 8.15. The number of quaternary nitrogens is 1. The van der Waals surface area contributed by atoms with Crippen LogP contribution in [0, 0.1) is 6.92 Å². The van der Waals surface area contributed by atoms with Gasteiger partial charge in [0.05, 0.1) is 55.5 Å². The summed E-state index contributed by atoms with van der Waals surface area (Å²) in [5, 5.41) is 13.8. The molecular formula is C23H33N6O5S+. The maximum absolute atomic E-state index is 13.4. The normalized spacial score (nSPS) is 15.7. The molecule has 0 radical (unpaired) electrons. The molecular weight excluding hydrogens is 472 g/mol. The van der Waals surface area contributed by atoms with E-state index in [4.69, 9.17) is 9.84 Å². The lowest BCUT2D eigenvalue weighted by atomic mass is 10.2. The topological polar surface area (TPSA) is 134 Å². The van der Waals surface area contributed by atoms with Gasteiger partial charge < -0.3 is 19.7 Å². The SMILES string of the molecule is CCCc1nc(C)c2c(=O)[nH]c(-c3cc(S(=O)(=O)N4CC[NH+](CCO)CC4)ccc3OCC)nn12. The maximum atomic E-state index is 13.4. The van der Waals surface area contributed by atoms with Crippen LogP contribution in [0.5, 0.6) is 5.75 Å². The molecule has 35 heavy (non-hydrogen) atoms. The number of aromatic nitrogens is 4. The maximum Gasteiger partial charge on any atom is 0.277 e. The zero-order valence-corrected chi connectivity index (χ0v) is 21.2. The van der Waals surface area contributed by atoms with Gasteiger partial charge in [0.1, 0.15) is 18.1 Å². The number of nitrogens with one attached hydrogen (secondary N) is 2. The molecule has 12 heteroatoms. The predicted molar refractivity (Wildman–Crippen MR) is 130 cm³/mol. The number of aryl methyl sites for hydroxylation is 2. The minimum absolute atomic E-state index is 0.0797. The van der Waals surface area contributed by atoms with Gasteiger partial charge in [-0.1, -0.05) is 6.92 Å². The number of benzene rings is 1. The Labute approximate surface area is 204 Å². The van der Waals surface area contributed by atoms with Crippen LogP contribution in [0.15, 0.2) is 27.9 Å². The van der Waals surface area contributed by atoms with E-state index >= 15 is 0 Å². The molecule has 3 aromatic rings. The first-order chi connectivity index (χ1) is 16.8. The van der Waals surface area contributed by atoms with Crippen LogP contribution in [0.2, 0.25) is 0 Å². The summed E-state index contributed by atoms with van der Waals surface area (Å²) in [5.41, 5.74) is 1.02. The van der Waals surface area contributed by atoms with Crippen molar-refractivity contribution in [3.63, 3.8) is 0 Å². The zero-order chi connectivity index (χ0) is 25.2. The zero-order valence-electron chi connectivity index (χ0n) is 20.4. The van der Waals surface area contributed by atoms with Crippen molar-refractivity contribution in [2.75, 3.05) is 45.9 Å². The van der Waals surface area contributed by atoms with Crippen molar-refractivity contribution in [2.24, 2.45) is 0 Å². The Morgan fingerprint density at radius 3 is 2.63 bits per heavy atom. The number of ether oxygens (including phenoxy) is 1. The standard InChI is InChI=1S/C23H32N6O5S/c1-4-6-20-24-16(3)21-23(31)25-22(26-29(20)21)18-15-17(7-8-19(18)34-5-2)35(32,33)28-11-9-27(10-12-28)13-14-30/h7-8,15,30H,4-6,9-14H2,1-3H3,(H,25,26,31)/p+1. The fraction of sp³-hybridized carbons (Fsp3) is 0.522. The predicted octanol–water partition coefficient (Wildman–Crippen LogP) is -0.374. The largest absolute Gasteiger partial charge is 0.493 e. The molecule has 11 nitrogen and oxygen atoms in total. The van der Waals surface area contributed by atoms with E-state index in [1.54, 1.807) is 17.5 Å². The van der Waals surface area contributed by atoms with Crippen LogP contribution in [0.25, 0.3) is 16.9 Å². The Morgan fingerprint density at radius 1 is 1.23 bits per heavy atom. The van der Waals surface area contributed by atoms with Crippen molar-refractivity contribution in [3.05, 3.63) is 40.1 Å². The van der Waals surface area contributed by atoms with E-state index in [9.17, 15) is 13.2 Å². The number of rotatable bonds is 9. The second-order valence-electron chi connectivity index (χ2n) is 8.65. The summed E-state index contributed by atoms with van der Waals surface area (Å²) in [5.74, 6) is 1.33. The summed E-state index contributed by atoms with van der Waals surface area (Å²) < 4.78 is 35.7. The van der Waals surface area contributed by atoms with Gasteiger partial charge in [0, 0.05) is 6.42 Å². The highest BCUT2D eigenvalue weighted by Crippen LogP contribution is 2.31. The van der Waals surface area contributed by atoms with Crippen molar-refractivity contribution in [1.82, 2.24) is 23.9 Å². The second-order valence-corrected chi connectivity index (χ2v) is 10.6. The molecule has 1 saturated heterocycles. The Bertz CT molecular complexity index is 1360. The van der Waals surface area contributed by atoms with Crippen molar-refractivity contribution in [3.8, 4) is 17.1 Å². The lowest BCUT2D eigenvalue weighted by Crippen LogP contribution is -3.15.